The fraction of sp³-hybridized carbons (Fsp3) is 0.611. The Bertz CT molecular complexity index is 635. The zero-order valence-corrected chi connectivity index (χ0v) is 13.5. The van der Waals surface area contributed by atoms with E-state index in [2.05, 4.69) is 4.98 Å². The van der Waals surface area contributed by atoms with Gasteiger partial charge in [0.2, 0.25) is 0 Å². The number of hydrogen-bond donors (Lipinski definition) is 1. The molecule has 3 atom stereocenters. The van der Waals surface area contributed by atoms with E-state index in [1.807, 2.05) is 17.9 Å². The number of amides is 1. The van der Waals surface area contributed by atoms with Crippen molar-refractivity contribution in [1.82, 2.24) is 9.88 Å². The highest BCUT2D eigenvalue weighted by Crippen LogP contribution is 2.41. The van der Waals surface area contributed by atoms with Gasteiger partial charge in [-0.05, 0) is 44.7 Å². The summed E-state index contributed by atoms with van der Waals surface area (Å²) in [6.45, 7) is 2.64. The van der Waals surface area contributed by atoms with Gasteiger partial charge < -0.3 is 10.0 Å². The summed E-state index contributed by atoms with van der Waals surface area (Å²) < 4.78 is 0. The molecule has 1 saturated heterocycles. The summed E-state index contributed by atoms with van der Waals surface area (Å²) in [5, 5.41) is 19.7. The third-order valence-electron chi connectivity index (χ3n) is 5.39. The molecule has 0 aromatic carbocycles. The van der Waals surface area contributed by atoms with E-state index in [0.717, 1.165) is 45.1 Å². The molecule has 1 aromatic heterocycles. The van der Waals surface area contributed by atoms with E-state index in [9.17, 15) is 9.90 Å². The summed E-state index contributed by atoms with van der Waals surface area (Å²) in [6.07, 6.45) is 7.38. The number of nitrogens with zero attached hydrogens (tertiary/aromatic N) is 3. The fourth-order valence-electron chi connectivity index (χ4n) is 4.20. The van der Waals surface area contributed by atoms with Crippen LogP contribution in [0.25, 0.3) is 0 Å². The Kier molecular flexibility index (Phi) is 4.36. The molecule has 1 aliphatic carbocycles. The van der Waals surface area contributed by atoms with Crippen LogP contribution in [0.3, 0.4) is 0 Å². The third kappa shape index (κ3) is 3.09. The lowest BCUT2D eigenvalue weighted by atomic mass is 9.72. The fourth-order valence-corrected chi connectivity index (χ4v) is 4.20. The lowest BCUT2D eigenvalue weighted by Crippen LogP contribution is -2.50. The topological polar surface area (TPSA) is 77.2 Å². The lowest BCUT2D eigenvalue weighted by molar-refractivity contribution is -0.0577. The molecule has 0 bridgehead atoms. The number of likely N-dealkylation sites (tertiary alicyclic amines) is 1. The smallest absolute Gasteiger partial charge is 0.254 e. The molecule has 5 heteroatoms. The van der Waals surface area contributed by atoms with E-state index in [0.29, 0.717) is 5.56 Å². The average molecular weight is 313 g/mol. The average Bonchev–Trinajstić information content (AvgIpc) is 3.03. The van der Waals surface area contributed by atoms with Crippen molar-refractivity contribution in [3.8, 4) is 6.07 Å². The number of rotatable bonds is 2. The molecule has 0 radical (unpaired) electrons. The van der Waals surface area contributed by atoms with Crippen LogP contribution in [0.15, 0.2) is 18.3 Å². The van der Waals surface area contributed by atoms with Gasteiger partial charge in [0, 0.05) is 30.3 Å². The predicted octanol–water partition coefficient (Wildman–Crippen LogP) is 2.50. The SMILES string of the molecule is C[C@]1(O)CCCC[C@@H]1[C@H]1CCCN1C(=O)c1ccnc(C#N)c1. The monoisotopic (exact) mass is 313 g/mol. The first-order valence-electron chi connectivity index (χ1n) is 8.42. The highest BCUT2D eigenvalue weighted by molar-refractivity contribution is 5.94. The highest BCUT2D eigenvalue weighted by atomic mass is 16.3. The minimum Gasteiger partial charge on any atom is -0.390 e. The van der Waals surface area contributed by atoms with Crippen molar-refractivity contribution >= 4 is 5.91 Å². The van der Waals surface area contributed by atoms with Crippen molar-refractivity contribution < 1.29 is 9.90 Å². The molecule has 1 aliphatic heterocycles. The van der Waals surface area contributed by atoms with Crippen LogP contribution in [0, 0.1) is 17.2 Å². The zero-order chi connectivity index (χ0) is 16.4. The van der Waals surface area contributed by atoms with Gasteiger partial charge in [-0.2, -0.15) is 5.26 Å². The summed E-state index contributed by atoms with van der Waals surface area (Å²) in [7, 11) is 0. The zero-order valence-electron chi connectivity index (χ0n) is 13.5. The molecular formula is C18H23N3O2. The van der Waals surface area contributed by atoms with E-state index in [4.69, 9.17) is 5.26 Å². The number of aromatic nitrogens is 1. The molecule has 122 valence electrons. The minimum absolute atomic E-state index is 0.0484. The quantitative estimate of drug-likeness (QED) is 0.910. The maximum Gasteiger partial charge on any atom is 0.254 e. The summed E-state index contributed by atoms with van der Waals surface area (Å²) in [4.78, 5) is 18.7. The highest BCUT2D eigenvalue weighted by Gasteiger charge is 2.44. The second kappa shape index (κ2) is 6.29. The van der Waals surface area contributed by atoms with Crippen LogP contribution in [0.2, 0.25) is 0 Å². The molecule has 23 heavy (non-hydrogen) atoms. The van der Waals surface area contributed by atoms with Gasteiger partial charge in [-0.3, -0.25) is 4.79 Å². The molecule has 3 rings (SSSR count). The van der Waals surface area contributed by atoms with Gasteiger partial charge in [-0.15, -0.1) is 0 Å². The van der Waals surface area contributed by atoms with Crippen LogP contribution in [-0.4, -0.2) is 39.1 Å². The van der Waals surface area contributed by atoms with Gasteiger partial charge in [-0.25, -0.2) is 4.98 Å². The molecule has 1 aromatic rings. The van der Waals surface area contributed by atoms with Gasteiger partial charge in [0.05, 0.1) is 5.60 Å². The Hall–Kier alpha value is -1.93. The number of carbonyl (C=O) groups is 1. The summed E-state index contributed by atoms with van der Waals surface area (Å²) in [5.74, 6) is 0.0905. The Morgan fingerprint density at radius 3 is 3.00 bits per heavy atom. The van der Waals surface area contributed by atoms with Crippen molar-refractivity contribution in [2.75, 3.05) is 6.54 Å². The van der Waals surface area contributed by atoms with Gasteiger partial charge >= 0.3 is 0 Å². The van der Waals surface area contributed by atoms with Gasteiger partial charge in [0.1, 0.15) is 11.8 Å². The van der Waals surface area contributed by atoms with Crippen LogP contribution >= 0.6 is 0 Å². The Morgan fingerprint density at radius 2 is 2.26 bits per heavy atom. The second-order valence-electron chi connectivity index (χ2n) is 6.96. The largest absolute Gasteiger partial charge is 0.390 e. The molecule has 2 heterocycles. The van der Waals surface area contributed by atoms with Crippen LogP contribution in [0.1, 0.15) is 61.5 Å². The van der Waals surface area contributed by atoms with E-state index >= 15 is 0 Å². The first-order valence-corrected chi connectivity index (χ1v) is 8.42. The molecule has 5 nitrogen and oxygen atoms in total. The molecule has 0 spiro atoms. The van der Waals surface area contributed by atoms with Crippen LogP contribution in [-0.2, 0) is 0 Å². The Balaban J connectivity index is 1.83. The van der Waals surface area contributed by atoms with Gasteiger partial charge in [0.25, 0.3) is 5.91 Å². The van der Waals surface area contributed by atoms with Crippen molar-refractivity contribution in [2.45, 2.75) is 57.1 Å². The van der Waals surface area contributed by atoms with Crippen molar-refractivity contribution in [3.63, 3.8) is 0 Å². The molecule has 1 amide bonds. The van der Waals surface area contributed by atoms with Crippen LogP contribution in [0.4, 0.5) is 0 Å². The van der Waals surface area contributed by atoms with E-state index in [-0.39, 0.29) is 23.6 Å². The summed E-state index contributed by atoms with van der Waals surface area (Å²) >= 11 is 0. The predicted molar refractivity (Wildman–Crippen MR) is 85.6 cm³/mol. The number of aliphatic hydroxyl groups is 1. The second-order valence-corrected chi connectivity index (χ2v) is 6.96. The third-order valence-corrected chi connectivity index (χ3v) is 5.39. The number of nitriles is 1. The van der Waals surface area contributed by atoms with E-state index in [1.165, 1.54) is 6.20 Å². The molecule has 0 unspecified atom stereocenters. The molecular weight excluding hydrogens is 290 g/mol. The van der Waals surface area contributed by atoms with E-state index < -0.39 is 5.60 Å². The minimum atomic E-state index is -0.693. The Morgan fingerprint density at radius 1 is 1.43 bits per heavy atom. The maximum atomic E-state index is 12.9. The maximum absolute atomic E-state index is 12.9. The van der Waals surface area contributed by atoms with E-state index in [1.54, 1.807) is 12.1 Å². The normalized spacial score (nSPS) is 30.9. The lowest BCUT2D eigenvalue weighted by Gasteiger charge is -2.43. The standard InChI is InChI=1S/C18H23N3O2/c1-18(23)8-3-2-5-15(18)16-6-4-10-21(16)17(22)13-7-9-20-14(11-13)12-19/h7,9,11,15-16,23H,2-6,8,10H2,1H3/t15-,16-,18+/m1/s1. The number of pyridine rings is 1. The van der Waals surface area contributed by atoms with Gasteiger partial charge in [0.15, 0.2) is 0 Å². The number of hydrogen-bond acceptors (Lipinski definition) is 4. The summed E-state index contributed by atoms with van der Waals surface area (Å²) in [6, 6.07) is 5.29. The van der Waals surface area contributed by atoms with Crippen LogP contribution < -0.4 is 0 Å². The van der Waals surface area contributed by atoms with Crippen LogP contribution in [0.5, 0.6) is 0 Å². The van der Waals surface area contributed by atoms with Crippen molar-refractivity contribution in [1.29, 1.82) is 5.26 Å². The summed E-state index contributed by atoms with van der Waals surface area (Å²) in [5.41, 5.74) is 0.0807. The first kappa shape index (κ1) is 15.9. The van der Waals surface area contributed by atoms with Crippen molar-refractivity contribution in [3.05, 3.63) is 29.6 Å². The number of carbonyl (C=O) groups excluding carboxylic acids is 1. The first-order chi connectivity index (χ1) is 11.0. The Labute approximate surface area is 136 Å². The molecule has 1 N–H and O–H groups in total. The van der Waals surface area contributed by atoms with Gasteiger partial charge in [-0.1, -0.05) is 12.8 Å². The molecule has 2 aliphatic rings. The van der Waals surface area contributed by atoms with Crippen molar-refractivity contribution in [2.24, 2.45) is 5.92 Å². The molecule has 1 saturated carbocycles. The molecule has 2 fully saturated rings.